The van der Waals surface area contributed by atoms with Crippen molar-refractivity contribution in [1.82, 2.24) is 0 Å². The molecule has 0 aromatic carbocycles. The van der Waals surface area contributed by atoms with Crippen molar-refractivity contribution >= 4 is 5.97 Å². The van der Waals surface area contributed by atoms with Gasteiger partial charge in [0.15, 0.2) is 0 Å². The van der Waals surface area contributed by atoms with E-state index in [0.717, 1.165) is 0 Å². The number of alkyl halides is 1. The monoisotopic (exact) mass is 140 g/mol. The number of aliphatic carboxylic acids is 1. The molecule has 0 rings (SSSR count). The van der Waals surface area contributed by atoms with Gasteiger partial charge in [-0.25, -0.2) is 4.39 Å². The normalized spacial score (nSPS) is 6.17. The van der Waals surface area contributed by atoms with E-state index in [2.05, 4.69) is 0 Å². The SMILES string of the molecule is O=C([O-])CF.[Cu+2]. The van der Waals surface area contributed by atoms with Crippen molar-refractivity contribution in [2.45, 2.75) is 0 Å². The Labute approximate surface area is 44.8 Å². The minimum atomic E-state index is -1.66. The Hall–Kier alpha value is -0.0805. The molecule has 2 nitrogen and oxygen atoms in total. The second-order valence-corrected chi connectivity index (χ2v) is 0.506. The van der Waals surface area contributed by atoms with Crippen molar-refractivity contribution in [1.29, 1.82) is 0 Å². The van der Waals surface area contributed by atoms with Gasteiger partial charge >= 0.3 is 17.1 Å². The molecule has 0 fully saturated rings. The second kappa shape index (κ2) is 4.92. The first-order valence-corrected chi connectivity index (χ1v) is 1.03. The quantitative estimate of drug-likeness (QED) is 0.425. The molecule has 0 atom stereocenters. The van der Waals surface area contributed by atoms with Crippen LogP contribution in [0.2, 0.25) is 0 Å². The molecule has 1 radical (unpaired) electrons. The van der Waals surface area contributed by atoms with E-state index in [-0.39, 0.29) is 17.1 Å². The maximum absolute atomic E-state index is 10.5. The Kier molecular flexibility index (Phi) is 7.65. The fourth-order valence-electron chi connectivity index (χ4n) is 0. The van der Waals surface area contributed by atoms with Crippen molar-refractivity contribution in [2.24, 2.45) is 0 Å². The van der Waals surface area contributed by atoms with Gasteiger partial charge in [-0.05, 0) is 0 Å². The molecule has 0 unspecified atom stereocenters. The Morgan fingerprint density at radius 3 is 2.00 bits per heavy atom. The molecule has 0 aliphatic heterocycles. The van der Waals surface area contributed by atoms with Crippen LogP contribution in [-0.2, 0) is 21.9 Å². The summed E-state index contributed by atoms with van der Waals surface area (Å²) in [5.74, 6) is -1.66. The van der Waals surface area contributed by atoms with E-state index in [1.807, 2.05) is 0 Å². The molecule has 0 saturated carbocycles. The molecular weight excluding hydrogens is 139 g/mol. The van der Waals surface area contributed by atoms with Crippen LogP contribution in [0.15, 0.2) is 0 Å². The maximum Gasteiger partial charge on any atom is 2.00 e. The molecule has 4 heteroatoms. The van der Waals surface area contributed by atoms with Gasteiger partial charge in [-0.3, -0.25) is 0 Å². The number of halogens is 1. The molecule has 0 aromatic rings. The molecule has 0 bridgehead atoms. The summed E-state index contributed by atoms with van der Waals surface area (Å²) in [6.45, 7) is -1.39. The summed E-state index contributed by atoms with van der Waals surface area (Å²) in [6.07, 6.45) is 0. The van der Waals surface area contributed by atoms with E-state index in [1.54, 1.807) is 0 Å². The number of carboxylic acids is 1. The van der Waals surface area contributed by atoms with Gasteiger partial charge in [-0.2, -0.15) is 0 Å². The minimum absolute atomic E-state index is 0. The van der Waals surface area contributed by atoms with Crippen LogP contribution >= 0.6 is 0 Å². The molecule has 0 aliphatic carbocycles. The number of carboxylic acid groups (broad SMARTS) is 1. The smallest absolute Gasteiger partial charge is 0.547 e. The molecule has 39 valence electrons. The summed E-state index contributed by atoms with van der Waals surface area (Å²) in [5, 5.41) is 8.88. The van der Waals surface area contributed by atoms with Crippen LogP contribution in [0.4, 0.5) is 4.39 Å². The first kappa shape index (κ1) is 9.33. The zero-order valence-corrected chi connectivity index (χ0v) is 3.64. The third-order valence-electron chi connectivity index (χ3n) is 0.109. The number of rotatable bonds is 1. The topological polar surface area (TPSA) is 40.1 Å². The second-order valence-electron chi connectivity index (χ2n) is 0.506. The molecule has 6 heavy (non-hydrogen) atoms. The average molecular weight is 141 g/mol. The Bertz CT molecular complexity index is 46.8. The minimum Gasteiger partial charge on any atom is -0.547 e. The van der Waals surface area contributed by atoms with Gasteiger partial charge in [0, 0.05) is 0 Å². The van der Waals surface area contributed by atoms with Crippen LogP contribution in [0.5, 0.6) is 0 Å². The molecule has 0 aliphatic rings. The van der Waals surface area contributed by atoms with Crippen molar-refractivity contribution in [3.8, 4) is 0 Å². The summed E-state index contributed by atoms with van der Waals surface area (Å²) in [7, 11) is 0. The molecule has 0 N–H and O–H groups in total. The van der Waals surface area contributed by atoms with Crippen molar-refractivity contribution < 1.29 is 31.4 Å². The first-order valence-electron chi connectivity index (χ1n) is 1.03. The summed E-state index contributed by atoms with van der Waals surface area (Å²) >= 11 is 0. The van der Waals surface area contributed by atoms with Crippen LogP contribution in [0, 0.1) is 0 Å². The Morgan fingerprint density at radius 2 is 2.00 bits per heavy atom. The van der Waals surface area contributed by atoms with Crippen molar-refractivity contribution in [2.75, 3.05) is 6.67 Å². The van der Waals surface area contributed by atoms with E-state index in [4.69, 9.17) is 9.90 Å². The van der Waals surface area contributed by atoms with Crippen molar-refractivity contribution in [3.63, 3.8) is 0 Å². The number of hydrogen-bond acceptors (Lipinski definition) is 2. The van der Waals surface area contributed by atoms with E-state index in [1.165, 1.54) is 0 Å². The summed E-state index contributed by atoms with van der Waals surface area (Å²) in [5.41, 5.74) is 0. The molecular formula is C2H2CuFO2+. The van der Waals surface area contributed by atoms with Crippen LogP contribution in [0.25, 0.3) is 0 Å². The van der Waals surface area contributed by atoms with Gasteiger partial charge in [-0.15, -0.1) is 0 Å². The van der Waals surface area contributed by atoms with Crippen LogP contribution in [-0.4, -0.2) is 12.6 Å². The molecule has 0 saturated heterocycles. The Balaban J connectivity index is 0. The summed E-state index contributed by atoms with van der Waals surface area (Å²) in [6, 6.07) is 0. The summed E-state index contributed by atoms with van der Waals surface area (Å²) < 4.78 is 10.5. The average Bonchev–Trinajstić information content (AvgIpc) is 1.38. The fraction of sp³-hybridized carbons (Fsp3) is 0.500. The maximum atomic E-state index is 10.5. The first-order chi connectivity index (χ1) is 2.27. The van der Waals surface area contributed by atoms with E-state index in [9.17, 15) is 4.39 Å². The third kappa shape index (κ3) is 9.07. The molecule has 0 heterocycles. The van der Waals surface area contributed by atoms with Gasteiger partial charge in [0.05, 0.1) is 5.97 Å². The number of carbonyl (C=O) groups excluding carboxylic acids is 1. The largest absolute Gasteiger partial charge is 2.00 e. The zero-order chi connectivity index (χ0) is 4.28. The van der Waals surface area contributed by atoms with Gasteiger partial charge in [0.25, 0.3) is 0 Å². The van der Waals surface area contributed by atoms with E-state index < -0.39 is 12.6 Å². The molecule has 0 spiro atoms. The summed E-state index contributed by atoms with van der Waals surface area (Å²) in [4.78, 5) is 8.88. The third-order valence-corrected chi connectivity index (χ3v) is 0.109. The van der Waals surface area contributed by atoms with E-state index in [0.29, 0.717) is 0 Å². The molecule has 0 amide bonds. The van der Waals surface area contributed by atoms with Crippen molar-refractivity contribution in [3.05, 3.63) is 0 Å². The zero-order valence-electron chi connectivity index (χ0n) is 2.70. The van der Waals surface area contributed by atoms with Gasteiger partial charge < -0.3 is 9.90 Å². The van der Waals surface area contributed by atoms with Gasteiger partial charge in [0.2, 0.25) is 0 Å². The standard InChI is InChI=1S/C2H3FO2.Cu/c3-1-2(4)5;/h1H2,(H,4,5);/q;+2/p-1. The number of hydrogen-bond donors (Lipinski definition) is 0. The predicted molar refractivity (Wildman–Crippen MR) is 11.0 cm³/mol. The number of carbonyl (C=O) groups is 1. The van der Waals surface area contributed by atoms with Gasteiger partial charge in [-0.1, -0.05) is 0 Å². The van der Waals surface area contributed by atoms with Crippen LogP contribution in [0.1, 0.15) is 0 Å². The van der Waals surface area contributed by atoms with Crippen LogP contribution < -0.4 is 5.11 Å². The van der Waals surface area contributed by atoms with Gasteiger partial charge in [0.1, 0.15) is 6.67 Å². The Morgan fingerprint density at radius 1 is 1.83 bits per heavy atom. The van der Waals surface area contributed by atoms with Crippen LogP contribution in [0.3, 0.4) is 0 Å². The molecule has 0 aromatic heterocycles. The van der Waals surface area contributed by atoms with E-state index >= 15 is 0 Å². The predicted octanol–water partition coefficient (Wildman–Crippen LogP) is -1.30. The fourth-order valence-corrected chi connectivity index (χ4v) is 0.